The van der Waals surface area contributed by atoms with Gasteiger partial charge in [-0.25, -0.2) is 0 Å². The maximum atomic E-state index is 12.9. The van der Waals surface area contributed by atoms with E-state index in [1.165, 1.54) is 10.5 Å². The Morgan fingerprint density at radius 1 is 0.846 bits per heavy atom. The van der Waals surface area contributed by atoms with Crippen molar-refractivity contribution >= 4 is 23.4 Å². The number of carbonyl (C=O) groups is 2. The van der Waals surface area contributed by atoms with E-state index in [0.717, 1.165) is 49.1 Å². The smallest absolute Gasteiger partial charge is 0.261 e. The Hall–Kier alpha value is -3.02. The predicted molar refractivity (Wildman–Crippen MR) is 156 cm³/mol. The normalized spacial score (nSPS) is 21.0. The molecule has 6 heteroatoms. The third-order valence-corrected chi connectivity index (χ3v) is 8.28. The molecule has 1 aromatic heterocycles. The number of amides is 2. The first-order chi connectivity index (χ1) is 18.5. The largest absolute Gasteiger partial charge is 0.387 e. The van der Waals surface area contributed by atoms with Crippen LogP contribution in [-0.2, 0) is 6.54 Å². The number of hydrogen-bond donors (Lipinski definition) is 1. The molecule has 1 N–H and O–H groups in total. The van der Waals surface area contributed by atoms with Crippen LogP contribution in [-0.4, -0.2) is 26.8 Å². The standard InChI is InChI=1S/C30H29ClN2O3.C2H6.CH4/c31-23-13-11-19(12-14-23)18-7-9-21(10-8-18)28(34)27-16-22(20-5-6-20)15-24(32-27)17-33-29(35)25-3-1-2-4-26(25)30(33)36;1-2;/h1-4,11-16,18,20-21,28,34H,5-10,17H2;1-2H3;1H4. The van der Waals surface area contributed by atoms with E-state index in [1.54, 1.807) is 24.3 Å². The Labute approximate surface area is 237 Å². The van der Waals surface area contributed by atoms with Crippen LogP contribution in [0.15, 0.2) is 60.7 Å². The number of aliphatic hydroxyl groups is 1. The van der Waals surface area contributed by atoms with Crippen LogP contribution in [0.3, 0.4) is 0 Å². The van der Waals surface area contributed by atoms with Gasteiger partial charge >= 0.3 is 0 Å². The van der Waals surface area contributed by atoms with Gasteiger partial charge in [-0.15, -0.1) is 0 Å². The Morgan fingerprint density at radius 3 is 1.95 bits per heavy atom. The summed E-state index contributed by atoms with van der Waals surface area (Å²) in [5, 5.41) is 12.1. The minimum atomic E-state index is -0.657. The lowest BCUT2D eigenvalue weighted by Gasteiger charge is -2.32. The van der Waals surface area contributed by atoms with Crippen LogP contribution < -0.4 is 0 Å². The topological polar surface area (TPSA) is 70.5 Å². The summed E-state index contributed by atoms with van der Waals surface area (Å²) < 4.78 is 0. The summed E-state index contributed by atoms with van der Waals surface area (Å²) in [6.45, 7) is 4.12. The fourth-order valence-electron chi connectivity index (χ4n) is 5.81. The second-order valence-corrected chi connectivity index (χ2v) is 10.9. The average molecular weight is 547 g/mol. The molecule has 2 amide bonds. The quantitative estimate of drug-likeness (QED) is 0.317. The third-order valence-electron chi connectivity index (χ3n) is 8.03. The summed E-state index contributed by atoms with van der Waals surface area (Å²) in [5.41, 5.74) is 4.68. The number of benzene rings is 2. The van der Waals surface area contributed by atoms with E-state index in [9.17, 15) is 14.7 Å². The van der Waals surface area contributed by atoms with Crippen molar-refractivity contribution in [3.8, 4) is 0 Å². The highest BCUT2D eigenvalue weighted by Crippen LogP contribution is 2.44. The Morgan fingerprint density at radius 2 is 1.38 bits per heavy atom. The molecule has 0 radical (unpaired) electrons. The van der Waals surface area contributed by atoms with Gasteiger partial charge in [-0.3, -0.25) is 19.5 Å². The van der Waals surface area contributed by atoms with Crippen molar-refractivity contribution in [3.63, 3.8) is 0 Å². The monoisotopic (exact) mass is 546 g/mol. The van der Waals surface area contributed by atoms with Crippen LogP contribution in [0, 0.1) is 5.92 Å². The maximum Gasteiger partial charge on any atom is 0.261 e. The molecule has 3 aliphatic rings. The van der Waals surface area contributed by atoms with Gasteiger partial charge in [0.1, 0.15) is 0 Å². The van der Waals surface area contributed by atoms with Crippen LogP contribution in [0.25, 0.3) is 0 Å². The minimum absolute atomic E-state index is 0. The van der Waals surface area contributed by atoms with E-state index in [-0.39, 0.29) is 31.7 Å². The molecule has 2 saturated carbocycles. The van der Waals surface area contributed by atoms with Crippen molar-refractivity contribution < 1.29 is 14.7 Å². The number of aliphatic hydroxyl groups excluding tert-OH is 1. The molecule has 3 aromatic rings. The summed E-state index contributed by atoms with van der Waals surface area (Å²) in [7, 11) is 0. The van der Waals surface area contributed by atoms with Crippen molar-refractivity contribution in [1.82, 2.24) is 9.88 Å². The van der Waals surface area contributed by atoms with Crippen molar-refractivity contribution in [2.75, 3.05) is 0 Å². The molecule has 1 aliphatic heterocycles. The first-order valence-corrected chi connectivity index (χ1v) is 14.2. The highest BCUT2D eigenvalue weighted by atomic mass is 35.5. The van der Waals surface area contributed by atoms with Gasteiger partial charge in [0.15, 0.2) is 0 Å². The molecule has 206 valence electrons. The summed E-state index contributed by atoms with van der Waals surface area (Å²) in [6, 6.07) is 19.1. The lowest BCUT2D eigenvalue weighted by Crippen LogP contribution is -2.30. The predicted octanol–water partition coefficient (Wildman–Crippen LogP) is 8.08. The average Bonchev–Trinajstić information content (AvgIpc) is 3.79. The van der Waals surface area contributed by atoms with Gasteiger partial charge in [0.05, 0.1) is 35.2 Å². The molecular weight excluding hydrogens is 508 g/mol. The molecule has 2 heterocycles. The molecule has 39 heavy (non-hydrogen) atoms. The van der Waals surface area contributed by atoms with Gasteiger partial charge in [0.25, 0.3) is 11.8 Å². The molecule has 2 fully saturated rings. The lowest BCUT2D eigenvalue weighted by molar-refractivity contribution is 0.0638. The number of pyridine rings is 1. The van der Waals surface area contributed by atoms with Gasteiger partial charge in [-0.1, -0.05) is 57.1 Å². The number of imide groups is 1. The molecule has 5 nitrogen and oxygen atoms in total. The molecule has 2 aromatic carbocycles. The Bertz CT molecular complexity index is 1280. The molecule has 6 rings (SSSR count). The number of nitrogens with zero attached hydrogens (tertiary/aromatic N) is 2. The number of carbonyl (C=O) groups excluding carboxylic acids is 2. The summed E-state index contributed by atoms with van der Waals surface area (Å²) >= 11 is 6.05. The van der Waals surface area contributed by atoms with Crippen molar-refractivity contribution in [1.29, 1.82) is 0 Å². The van der Waals surface area contributed by atoms with Gasteiger partial charge in [-0.2, -0.15) is 0 Å². The molecule has 0 bridgehead atoms. The zero-order valence-corrected chi connectivity index (χ0v) is 22.8. The highest BCUT2D eigenvalue weighted by molar-refractivity contribution is 6.30. The fourth-order valence-corrected chi connectivity index (χ4v) is 5.94. The zero-order valence-electron chi connectivity index (χ0n) is 22.1. The molecule has 2 aliphatic carbocycles. The molecule has 0 saturated heterocycles. The van der Waals surface area contributed by atoms with Crippen molar-refractivity contribution in [2.24, 2.45) is 5.92 Å². The van der Waals surface area contributed by atoms with Crippen LogP contribution in [0.5, 0.6) is 0 Å². The second kappa shape index (κ2) is 12.4. The first-order valence-electron chi connectivity index (χ1n) is 13.9. The number of fused-ring (bicyclic) bond motifs is 1. The minimum Gasteiger partial charge on any atom is -0.387 e. The molecule has 0 spiro atoms. The van der Waals surface area contributed by atoms with Crippen LogP contribution in [0.1, 0.15) is 121 Å². The van der Waals surface area contributed by atoms with E-state index in [0.29, 0.717) is 34.4 Å². The van der Waals surface area contributed by atoms with E-state index in [1.807, 2.05) is 38.1 Å². The second-order valence-electron chi connectivity index (χ2n) is 10.4. The highest BCUT2D eigenvalue weighted by Gasteiger charge is 2.36. The number of halogens is 1. The van der Waals surface area contributed by atoms with E-state index >= 15 is 0 Å². The van der Waals surface area contributed by atoms with Crippen LogP contribution >= 0.6 is 11.6 Å². The van der Waals surface area contributed by atoms with Gasteiger partial charge in [0.2, 0.25) is 0 Å². The van der Waals surface area contributed by atoms with Gasteiger partial charge < -0.3 is 5.11 Å². The van der Waals surface area contributed by atoms with Crippen molar-refractivity contribution in [2.45, 2.75) is 84.3 Å². The molecule has 1 atom stereocenters. The summed E-state index contributed by atoms with van der Waals surface area (Å²) in [5.74, 6) is 0.540. The molecule has 1 unspecified atom stereocenters. The van der Waals surface area contributed by atoms with E-state index in [2.05, 4.69) is 12.1 Å². The van der Waals surface area contributed by atoms with Gasteiger partial charge in [0, 0.05) is 5.02 Å². The number of aromatic nitrogens is 1. The van der Waals surface area contributed by atoms with Crippen LogP contribution in [0.2, 0.25) is 5.02 Å². The number of hydrogen-bond acceptors (Lipinski definition) is 4. The van der Waals surface area contributed by atoms with E-state index < -0.39 is 6.10 Å². The number of rotatable bonds is 6. The van der Waals surface area contributed by atoms with E-state index in [4.69, 9.17) is 16.6 Å². The zero-order chi connectivity index (χ0) is 26.8. The summed E-state index contributed by atoms with van der Waals surface area (Å²) in [6.07, 6.45) is 5.49. The summed E-state index contributed by atoms with van der Waals surface area (Å²) in [4.78, 5) is 31.9. The third kappa shape index (κ3) is 6.10. The Balaban J connectivity index is 0.00000115. The fraction of sp³-hybridized carbons (Fsp3) is 0.424. The Kier molecular flexibility index (Phi) is 9.24. The van der Waals surface area contributed by atoms with Crippen LogP contribution in [0.4, 0.5) is 0 Å². The van der Waals surface area contributed by atoms with Crippen molar-refractivity contribution in [3.05, 3.63) is 99.3 Å². The lowest BCUT2D eigenvalue weighted by atomic mass is 9.76. The molecular formula is C33H39ClN2O3. The van der Waals surface area contributed by atoms with Gasteiger partial charge in [-0.05, 0) is 104 Å². The maximum absolute atomic E-state index is 12.9. The first kappa shape index (κ1) is 29.0. The SMILES string of the molecule is C.CC.O=C1c2ccccc2C(=O)N1Cc1cc(C2CC2)cc(C(O)C2CCC(c3ccc(Cl)cc3)CC2)n1.